The third-order valence-electron chi connectivity index (χ3n) is 5.20. The Morgan fingerprint density at radius 1 is 0.800 bits per heavy atom. The largest absolute Gasteiger partial charge is 0.360 e. The number of H-pyrrole nitrogens is 1. The van der Waals surface area contributed by atoms with E-state index in [1.807, 2.05) is 91.1 Å². The van der Waals surface area contributed by atoms with Gasteiger partial charge in [-0.2, -0.15) is 5.26 Å². The average molecular weight is 406 g/mol. The Morgan fingerprint density at radius 3 is 2.30 bits per heavy atom. The molecule has 2 heterocycles. The van der Waals surface area contributed by atoms with E-state index in [2.05, 4.69) is 11.1 Å². The van der Waals surface area contributed by atoms with E-state index in [4.69, 9.17) is 16.6 Å². The second-order valence-corrected chi connectivity index (χ2v) is 7.45. The van der Waals surface area contributed by atoms with Crippen molar-refractivity contribution in [2.45, 2.75) is 0 Å². The van der Waals surface area contributed by atoms with Crippen LogP contribution in [0.2, 0.25) is 5.02 Å². The maximum absolute atomic E-state index is 10.1. The Balaban J connectivity index is 1.84. The van der Waals surface area contributed by atoms with Gasteiger partial charge in [0, 0.05) is 38.8 Å². The number of aromatic amines is 1. The van der Waals surface area contributed by atoms with Crippen LogP contribution in [0.15, 0.2) is 91.1 Å². The molecular formula is C26H16ClN3. The summed E-state index contributed by atoms with van der Waals surface area (Å²) in [6.45, 7) is 0. The molecule has 4 heteroatoms. The standard InChI is InChI=1S/C26H16ClN3/c27-19-12-10-17(11-13-19)21-14-25(18-6-2-1-3-7-18)30-26(22(21)15-28)23-16-29-24-9-5-4-8-20(23)24/h1-14,16,29H. The Labute approximate surface area is 179 Å². The molecule has 0 fully saturated rings. The van der Waals surface area contributed by atoms with Gasteiger partial charge in [0.05, 0.1) is 17.0 Å². The van der Waals surface area contributed by atoms with Gasteiger partial charge in [-0.25, -0.2) is 4.98 Å². The zero-order valence-electron chi connectivity index (χ0n) is 15.9. The first-order valence-corrected chi connectivity index (χ1v) is 9.95. The molecule has 0 spiro atoms. The number of nitrogens with zero attached hydrogens (tertiary/aromatic N) is 2. The fourth-order valence-corrected chi connectivity index (χ4v) is 3.86. The first-order chi connectivity index (χ1) is 14.7. The first kappa shape index (κ1) is 18.2. The minimum absolute atomic E-state index is 0.543. The van der Waals surface area contributed by atoms with Crippen LogP contribution in [0.5, 0.6) is 0 Å². The average Bonchev–Trinajstić information content (AvgIpc) is 3.23. The lowest BCUT2D eigenvalue weighted by atomic mass is 9.94. The lowest BCUT2D eigenvalue weighted by Crippen LogP contribution is -1.96. The number of rotatable bonds is 3. The Bertz CT molecular complexity index is 1390. The van der Waals surface area contributed by atoms with Gasteiger partial charge >= 0.3 is 0 Å². The van der Waals surface area contributed by atoms with Gasteiger partial charge in [-0.05, 0) is 29.8 Å². The van der Waals surface area contributed by atoms with Gasteiger partial charge in [0.15, 0.2) is 0 Å². The molecule has 1 N–H and O–H groups in total. The number of hydrogen-bond donors (Lipinski definition) is 1. The van der Waals surface area contributed by atoms with Crippen LogP contribution in [0.4, 0.5) is 0 Å². The first-order valence-electron chi connectivity index (χ1n) is 9.57. The number of hydrogen-bond acceptors (Lipinski definition) is 2. The SMILES string of the molecule is N#Cc1c(-c2ccc(Cl)cc2)cc(-c2ccccc2)nc1-c1c[nH]c2ccccc12. The number of benzene rings is 3. The lowest BCUT2D eigenvalue weighted by Gasteiger charge is -2.13. The normalized spacial score (nSPS) is 10.8. The molecule has 0 aliphatic heterocycles. The third kappa shape index (κ3) is 3.14. The highest BCUT2D eigenvalue weighted by molar-refractivity contribution is 6.30. The molecule has 0 radical (unpaired) electrons. The number of nitriles is 1. The van der Waals surface area contributed by atoms with Crippen molar-refractivity contribution in [2.75, 3.05) is 0 Å². The summed E-state index contributed by atoms with van der Waals surface area (Å²) in [6.07, 6.45) is 1.92. The molecule has 0 amide bonds. The van der Waals surface area contributed by atoms with Gasteiger partial charge < -0.3 is 4.98 Å². The summed E-state index contributed by atoms with van der Waals surface area (Å²) in [5, 5.41) is 11.8. The van der Waals surface area contributed by atoms with Crippen LogP contribution in [0.3, 0.4) is 0 Å². The fourth-order valence-electron chi connectivity index (χ4n) is 3.73. The Morgan fingerprint density at radius 2 is 1.53 bits per heavy atom. The molecule has 5 rings (SSSR count). The summed E-state index contributed by atoms with van der Waals surface area (Å²) in [6, 6.07) is 30.0. The van der Waals surface area contributed by atoms with E-state index in [0.29, 0.717) is 16.3 Å². The number of halogens is 1. The number of fused-ring (bicyclic) bond motifs is 1. The van der Waals surface area contributed by atoms with Crippen LogP contribution < -0.4 is 0 Å². The maximum Gasteiger partial charge on any atom is 0.102 e. The molecule has 0 atom stereocenters. The molecule has 0 saturated carbocycles. The summed E-state index contributed by atoms with van der Waals surface area (Å²) in [7, 11) is 0. The zero-order chi connectivity index (χ0) is 20.5. The van der Waals surface area contributed by atoms with Crippen LogP contribution in [-0.4, -0.2) is 9.97 Å². The van der Waals surface area contributed by atoms with Crippen LogP contribution in [0.25, 0.3) is 44.5 Å². The minimum atomic E-state index is 0.543. The van der Waals surface area contributed by atoms with E-state index < -0.39 is 0 Å². The number of nitrogens with one attached hydrogen (secondary N) is 1. The van der Waals surface area contributed by atoms with Gasteiger partial charge in [0.25, 0.3) is 0 Å². The molecule has 2 aromatic heterocycles. The van der Waals surface area contributed by atoms with E-state index in [9.17, 15) is 5.26 Å². The molecule has 0 saturated heterocycles. The molecule has 0 bridgehead atoms. The number of para-hydroxylation sites is 1. The van der Waals surface area contributed by atoms with Crippen LogP contribution in [0.1, 0.15) is 5.56 Å². The Hall–Kier alpha value is -3.87. The van der Waals surface area contributed by atoms with Gasteiger partial charge in [0.1, 0.15) is 6.07 Å². The summed E-state index contributed by atoms with van der Waals surface area (Å²) in [5.41, 5.74) is 6.72. The van der Waals surface area contributed by atoms with E-state index >= 15 is 0 Å². The van der Waals surface area contributed by atoms with Gasteiger partial charge in [0.2, 0.25) is 0 Å². The van der Waals surface area contributed by atoms with Gasteiger partial charge in [-0.1, -0.05) is 72.3 Å². The monoisotopic (exact) mass is 405 g/mol. The van der Waals surface area contributed by atoms with Crippen molar-refractivity contribution in [1.29, 1.82) is 5.26 Å². The Kier molecular flexibility index (Phi) is 4.55. The van der Waals surface area contributed by atoms with E-state index in [1.54, 1.807) is 0 Å². The second-order valence-electron chi connectivity index (χ2n) is 7.01. The fraction of sp³-hybridized carbons (Fsp3) is 0. The van der Waals surface area contributed by atoms with Crippen molar-refractivity contribution in [3.05, 3.63) is 102 Å². The van der Waals surface area contributed by atoms with Gasteiger partial charge in [-0.15, -0.1) is 0 Å². The predicted molar refractivity (Wildman–Crippen MR) is 122 cm³/mol. The molecule has 0 aliphatic rings. The summed E-state index contributed by atoms with van der Waals surface area (Å²) >= 11 is 6.10. The lowest BCUT2D eigenvalue weighted by molar-refractivity contribution is 1.30. The quantitative estimate of drug-likeness (QED) is 0.348. The summed E-state index contributed by atoms with van der Waals surface area (Å²) < 4.78 is 0. The van der Waals surface area contributed by atoms with Gasteiger partial charge in [-0.3, -0.25) is 0 Å². The molecule has 3 aromatic carbocycles. The predicted octanol–water partition coefficient (Wildman–Crippen LogP) is 7.09. The van der Waals surface area contributed by atoms with Crippen molar-refractivity contribution < 1.29 is 0 Å². The van der Waals surface area contributed by atoms with Crippen molar-refractivity contribution in [1.82, 2.24) is 9.97 Å². The van der Waals surface area contributed by atoms with Crippen molar-refractivity contribution in [3.63, 3.8) is 0 Å². The van der Waals surface area contributed by atoms with Crippen LogP contribution >= 0.6 is 11.6 Å². The van der Waals surface area contributed by atoms with Crippen molar-refractivity contribution >= 4 is 22.5 Å². The van der Waals surface area contributed by atoms with Crippen LogP contribution in [-0.2, 0) is 0 Å². The second kappa shape index (κ2) is 7.51. The van der Waals surface area contributed by atoms with Crippen molar-refractivity contribution in [3.8, 4) is 39.7 Å². The van der Waals surface area contributed by atoms with E-state index in [0.717, 1.165) is 38.9 Å². The molecule has 3 nitrogen and oxygen atoms in total. The van der Waals surface area contributed by atoms with E-state index in [1.165, 1.54) is 0 Å². The summed E-state index contributed by atoms with van der Waals surface area (Å²) in [4.78, 5) is 8.24. The molecule has 30 heavy (non-hydrogen) atoms. The maximum atomic E-state index is 10.1. The molecule has 5 aromatic rings. The molecular weight excluding hydrogens is 390 g/mol. The topological polar surface area (TPSA) is 52.5 Å². The van der Waals surface area contributed by atoms with Crippen LogP contribution in [0, 0.1) is 11.3 Å². The minimum Gasteiger partial charge on any atom is -0.360 e. The zero-order valence-corrected chi connectivity index (χ0v) is 16.7. The number of aromatic nitrogens is 2. The smallest absolute Gasteiger partial charge is 0.102 e. The molecule has 142 valence electrons. The van der Waals surface area contributed by atoms with Crippen molar-refractivity contribution in [2.24, 2.45) is 0 Å². The molecule has 0 unspecified atom stereocenters. The number of pyridine rings is 1. The highest BCUT2D eigenvalue weighted by atomic mass is 35.5. The van der Waals surface area contributed by atoms with E-state index in [-0.39, 0.29) is 0 Å². The molecule has 0 aliphatic carbocycles. The third-order valence-corrected chi connectivity index (χ3v) is 5.45. The summed E-state index contributed by atoms with van der Waals surface area (Å²) in [5.74, 6) is 0. The highest BCUT2D eigenvalue weighted by Crippen LogP contribution is 2.37. The highest BCUT2D eigenvalue weighted by Gasteiger charge is 2.19.